The molecule has 1 unspecified atom stereocenters. The van der Waals surface area contributed by atoms with E-state index in [1.165, 1.54) is 12.4 Å². The van der Waals surface area contributed by atoms with Crippen molar-refractivity contribution in [3.8, 4) is 0 Å². The monoisotopic (exact) mass is 785 g/mol. The van der Waals surface area contributed by atoms with Gasteiger partial charge in [0, 0.05) is 54.8 Å². The van der Waals surface area contributed by atoms with Crippen molar-refractivity contribution in [1.82, 2.24) is 25.1 Å². The zero-order chi connectivity index (χ0) is 39.0. The Morgan fingerprint density at radius 3 is 2.56 bits per heavy atom. The molecule has 1 atom stereocenters. The Kier molecular flexibility index (Phi) is 11.0. The zero-order valence-electron chi connectivity index (χ0n) is 31.0. The maximum absolute atomic E-state index is 13.4. The Morgan fingerprint density at radius 2 is 1.84 bits per heavy atom. The SMILES string of the molecule is CN(CCCNc1cccc2c1C(=O)N(C1CCC(=O)NC1=O)C2=O)CC1CCC(c2nc3cc(C(C)(C)O)c(NC(=O)c4cncc(Cl)c4)cc3s2)CC1. The number of amides is 5. The number of imide groups is 2. The summed E-state index contributed by atoms with van der Waals surface area (Å²) in [6, 6.07) is 9.42. The van der Waals surface area contributed by atoms with Crippen LogP contribution in [0.15, 0.2) is 48.8 Å². The van der Waals surface area contributed by atoms with Crippen molar-refractivity contribution in [3.05, 3.63) is 81.1 Å². The van der Waals surface area contributed by atoms with Crippen LogP contribution in [-0.4, -0.2) is 87.1 Å². The third kappa shape index (κ3) is 8.27. The maximum atomic E-state index is 13.4. The van der Waals surface area contributed by atoms with E-state index in [0.717, 1.165) is 65.3 Å². The number of hydrogen-bond donors (Lipinski definition) is 4. The largest absolute Gasteiger partial charge is 0.386 e. The van der Waals surface area contributed by atoms with Gasteiger partial charge in [-0.15, -0.1) is 11.3 Å². The summed E-state index contributed by atoms with van der Waals surface area (Å²) in [6.07, 6.45) is 8.18. The summed E-state index contributed by atoms with van der Waals surface area (Å²) in [7, 11) is 2.12. The standard InChI is InChI=1S/C40H44ClN7O6S/c1-40(2,54)27-17-30-32(18-29(27)44-35(50)24-16-25(41)20-42-19-24)55-37(45-30)23-10-8-22(9-11-23)21-47(3)15-5-14-43-28-7-4-6-26-34(28)39(53)48(38(26)52)31-12-13-33(49)46-36(31)51/h4,6-7,16-20,22-23,31,43,54H,5,8-15,21H2,1-3H3,(H,44,50)(H,46,49,51). The van der Waals surface area contributed by atoms with E-state index in [0.29, 0.717) is 45.9 Å². The van der Waals surface area contributed by atoms with Gasteiger partial charge in [0.2, 0.25) is 11.8 Å². The Bertz CT molecular complexity index is 2180. The lowest BCUT2D eigenvalue weighted by molar-refractivity contribution is -0.136. The minimum atomic E-state index is -1.21. The molecule has 5 amide bonds. The number of nitrogens with zero attached hydrogens (tertiary/aromatic N) is 4. The van der Waals surface area contributed by atoms with Gasteiger partial charge < -0.3 is 20.6 Å². The van der Waals surface area contributed by atoms with Crippen LogP contribution in [-0.2, 0) is 15.2 Å². The number of hydrogen-bond acceptors (Lipinski definition) is 11. The number of carbonyl (C=O) groups is 5. The third-order valence-electron chi connectivity index (χ3n) is 10.7. The van der Waals surface area contributed by atoms with Crippen molar-refractivity contribution in [2.75, 3.05) is 37.3 Å². The van der Waals surface area contributed by atoms with Crippen molar-refractivity contribution in [3.63, 3.8) is 0 Å². The summed E-state index contributed by atoms with van der Waals surface area (Å²) in [6.45, 7) is 5.80. The number of anilines is 2. The molecule has 4 N–H and O–H groups in total. The van der Waals surface area contributed by atoms with Crippen LogP contribution >= 0.6 is 22.9 Å². The van der Waals surface area contributed by atoms with E-state index >= 15 is 0 Å². The minimum absolute atomic E-state index is 0.0775. The quantitative estimate of drug-likeness (QED) is 0.0996. The van der Waals surface area contributed by atoms with Gasteiger partial charge in [0.25, 0.3) is 17.7 Å². The van der Waals surface area contributed by atoms with Crippen molar-refractivity contribution >= 4 is 74.1 Å². The fourth-order valence-electron chi connectivity index (χ4n) is 7.86. The summed E-state index contributed by atoms with van der Waals surface area (Å²) >= 11 is 7.69. The van der Waals surface area contributed by atoms with Crippen LogP contribution in [0, 0.1) is 5.92 Å². The molecule has 1 saturated carbocycles. The summed E-state index contributed by atoms with van der Waals surface area (Å²) in [5, 5.41) is 20.9. The molecule has 2 aromatic carbocycles. The highest BCUT2D eigenvalue weighted by molar-refractivity contribution is 7.18. The second kappa shape index (κ2) is 15.8. The number of piperidine rings is 1. The first kappa shape index (κ1) is 38.5. The van der Waals surface area contributed by atoms with Gasteiger partial charge >= 0.3 is 0 Å². The number of halogens is 1. The fourth-order valence-corrected chi connectivity index (χ4v) is 9.20. The summed E-state index contributed by atoms with van der Waals surface area (Å²) in [4.78, 5) is 76.0. The predicted molar refractivity (Wildman–Crippen MR) is 210 cm³/mol. The summed E-state index contributed by atoms with van der Waals surface area (Å²) < 4.78 is 0.945. The molecular formula is C40H44ClN7O6S. The molecule has 2 aliphatic heterocycles. The van der Waals surface area contributed by atoms with Gasteiger partial charge in [0.05, 0.1) is 42.5 Å². The number of aliphatic hydroxyl groups is 1. The van der Waals surface area contributed by atoms with E-state index in [9.17, 15) is 29.1 Å². The first-order valence-electron chi connectivity index (χ1n) is 18.6. The molecule has 0 radical (unpaired) electrons. The van der Waals surface area contributed by atoms with Gasteiger partial charge in [0.15, 0.2) is 0 Å². The van der Waals surface area contributed by atoms with E-state index in [1.54, 1.807) is 49.4 Å². The van der Waals surface area contributed by atoms with Crippen LogP contribution in [0.25, 0.3) is 10.2 Å². The molecule has 4 heterocycles. The number of carbonyl (C=O) groups excluding carboxylic acids is 5. The first-order valence-corrected chi connectivity index (χ1v) is 19.8. The maximum Gasteiger partial charge on any atom is 0.264 e. The number of nitrogens with one attached hydrogen (secondary N) is 3. The smallest absolute Gasteiger partial charge is 0.264 e. The molecule has 2 aromatic heterocycles. The van der Waals surface area contributed by atoms with Crippen molar-refractivity contribution in [2.24, 2.45) is 5.92 Å². The van der Waals surface area contributed by atoms with Crippen molar-refractivity contribution in [2.45, 2.75) is 76.4 Å². The number of aromatic nitrogens is 2. The Hall–Kier alpha value is -4.76. The van der Waals surface area contributed by atoms with Gasteiger partial charge in [-0.25, -0.2) is 4.98 Å². The molecule has 15 heteroatoms. The number of rotatable bonds is 12. The average molecular weight is 786 g/mol. The molecule has 1 saturated heterocycles. The number of thiazole rings is 1. The Morgan fingerprint density at radius 1 is 1.05 bits per heavy atom. The lowest BCUT2D eigenvalue weighted by Gasteiger charge is -2.30. The second-order valence-electron chi connectivity index (χ2n) is 15.3. The first-order chi connectivity index (χ1) is 26.3. The molecule has 288 valence electrons. The van der Waals surface area contributed by atoms with Gasteiger partial charge in [-0.05, 0) is 102 Å². The van der Waals surface area contributed by atoms with Crippen molar-refractivity contribution < 1.29 is 29.1 Å². The topological polar surface area (TPSA) is 174 Å². The van der Waals surface area contributed by atoms with E-state index in [1.807, 2.05) is 12.1 Å². The molecule has 7 rings (SSSR count). The number of fused-ring (bicyclic) bond motifs is 2. The highest BCUT2D eigenvalue weighted by Gasteiger charge is 2.45. The van der Waals surface area contributed by atoms with Gasteiger partial charge in [-0.3, -0.25) is 39.2 Å². The van der Waals surface area contributed by atoms with Crippen LogP contribution in [0.5, 0.6) is 0 Å². The lowest BCUT2D eigenvalue weighted by Crippen LogP contribution is -2.54. The van der Waals surface area contributed by atoms with Crippen LogP contribution < -0.4 is 16.0 Å². The number of benzene rings is 2. The van der Waals surface area contributed by atoms with Crippen LogP contribution in [0.3, 0.4) is 0 Å². The lowest BCUT2D eigenvalue weighted by atomic mass is 9.82. The minimum Gasteiger partial charge on any atom is -0.386 e. The molecule has 4 aromatic rings. The van der Waals surface area contributed by atoms with E-state index in [4.69, 9.17) is 16.6 Å². The number of pyridine rings is 1. The molecule has 0 bridgehead atoms. The second-order valence-corrected chi connectivity index (χ2v) is 16.8. The van der Waals surface area contributed by atoms with Crippen LogP contribution in [0.1, 0.15) is 106 Å². The molecule has 55 heavy (non-hydrogen) atoms. The molecule has 0 spiro atoms. The Balaban J connectivity index is 0.904. The van der Waals surface area contributed by atoms with Gasteiger partial charge in [-0.1, -0.05) is 17.7 Å². The molecular weight excluding hydrogens is 742 g/mol. The molecule has 13 nitrogen and oxygen atoms in total. The molecule has 1 aliphatic carbocycles. The molecule has 2 fully saturated rings. The average Bonchev–Trinajstić information content (AvgIpc) is 3.67. The van der Waals surface area contributed by atoms with E-state index < -0.39 is 35.3 Å². The summed E-state index contributed by atoms with van der Waals surface area (Å²) in [5.74, 6) is -1.52. The fraction of sp³-hybridized carbons (Fsp3) is 0.425. The highest BCUT2D eigenvalue weighted by Crippen LogP contribution is 2.41. The van der Waals surface area contributed by atoms with Crippen molar-refractivity contribution in [1.29, 1.82) is 0 Å². The van der Waals surface area contributed by atoms with E-state index in [2.05, 4.69) is 32.9 Å². The summed E-state index contributed by atoms with van der Waals surface area (Å²) in [5.41, 5.74) is 2.11. The van der Waals surface area contributed by atoms with E-state index in [-0.39, 0.29) is 29.9 Å². The highest BCUT2D eigenvalue weighted by atomic mass is 35.5. The van der Waals surface area contributed by atoms with Gasteiger partial charge in [-0.2, -0.15) is 0 Å². The zero-order valence-corrected chi connectivity index (χ0v) is 32.6. The van der Waals surface area contributed by atoms with Crippen LogP contribution in [0.4, 0.5) is 11.4 Å². The van der Waals surface area contributed by atoms with Gasteiger partial charge in [0.1, 0.15) is 6.04 Å². The normalized spacial score (nSPS) is 20.3. The predicted octanol–water partition coefficient (Wildman–Crippen LogP) is 5.93. The molecule has 3 aliphatic rings. The van der Waals surface area contributed by atoms with Crippen LogP contribution in [0.2, 0.25) is 5.02 Å². The Labute approximate surface area is 327 Å². The third-order valence-corrected chi connectivity index (χ3v) is 12.1.